The lowest BCUT2D eigenvalue weighted by Gasteiger charge is -2.34. The van der Waals surface area contributed by atoms with Crippen LogP contribution in [-0.2, 0) is 24.8 Å². The Labute approximate surface area is 190 Å². The Kier molecular flexibility index (Phi) is 6.22. The Morgan fingerprint density at radius 3 is 2.28 bits per heavy atom. The number of hydrogen-bond donors (Lipinski definition) is 1. The summed E-state index contributed by atoms with van der Waals surface area (Å²) in [6.45, 7) is 2.71. The van der Waals surface area contributed by atoms with E-state index in [1.54, 1.807) is 24.3 Å². The van der Waals surface area contributed by atoms with E-state index >= 15 is 0 Å². The van der Waals surface area contributed by atoms with E-state index in [2.05, 4.69) is 4.90 Å². The molecule has 1 aromatic heterocycles. The van der Waals surface area contributed by atoms with Crippen LogP contribution in [0.4, 0.5) is 5.69 Å². The fraction of sp³-hybridized carbons (Fsp3) is 0.368. The largest absolute Gasteiger partial charge is 0.497 e. The first-order chi connectivity index (χ1) is 15.1. The molecule has 13 heteroatoms. The van der Waals surface area contributed by atoms with Crippen LogP contribution in [0.25, 0.3) is 6.08 Å². The fourth-order valence-electron chi connectivity index (χ4n) is 3.60. The molecule has 0 atom stereocenters. The van der Waals surface area contributed by atoms with Gasteiger partial charge >= 0.3 is 0 Å². The molecule has 1 aromatic carbocycles. The molecule has 2 aliphatic rings. The number of primary sulfonamides is 1. The minimum absolute atomic E-state index is 0.0889. The lowest BCUT2D eigenvalue weighted by atomic mass is 10.2. The summed E-state index contributed by atoms with van der Waals surface area (Å²) < 4.78 is 68.2. The lowest BCUT2D eigenvalue weighted by Crippen LogP contribution is -2.42. The monoisotopic (exact) mass is 501 g/mol. The van der Waals surface area contributed by atoms with Crippen molar-refractivity contribution in [1.82, 2.24) is 4.90 Å². The second-order valence-corrected chi connectivity index (χ2v) is 12.0. The molecule has 2 aromatic rings. The zero-order valence-electron chi connectivity index (χ0n) is 17.5. The van der Waals surface area contributed by atoms with Crippen molar-refractivity contribution in [2.75, 3.05) is 51.4 Å². The molecule has 0 amide bonds. The molecule has 2 aliphatic heterocycles. The molecular formula is C19H23N3O7S3. The molecule has 174 valence electrons. The van der Waals surface area contributed by atoms with Crippen molar-refractivity contribution in [1.29, 1.82) is 0 Å². The van der Waals surface area contributed by atoms with Crippen molar-refractivity contribution < 1.29 is 31.0 Å². The second-order valence-electron chi connectivity index (χ2n) is 7.22. The molecule has 2 N–H and O–H groups in total. The van der Waals surface area contributed by atoms with Crippen LogP contribution in [0.15, 0.2) is 38.4 Å². The van der Waals surface area contributed by atoms with Crippen molar-refractivity contribution in [2.45, 2.75) is 8.42 Å². The predicted molar refractivity (Wildman–Crippen MR) is 120 cm³/mol. The zero-order chi connectivity index (χ0) is 23.1. The molecule has 0 saturated carbocycles. The Bertz CT molecular complexity index is 1240. The molecule has 0 spiro atoms. The predicted octanol–water partition coefficient (Wildman–Crippen LogP) is 1.29. The van der Waals surface area contributed by atoms with Gasteiger partial charge in [0.05, 0.1) is 33.1 Å². The third kappa shape index (κ3) is 4.36. The molecule has 32 heavy (non-hydrogen) atoms. The van der Waals surface area contributed by atoms with E-state index in [0.29, 0.717) is 72.6 Å². The number of methoxy groups -OCH3 is 2. The quantitative estimate of drug-likeness (QED) is 0.627. The van der Waals surface area contributed by atoms with Crippen LogP contribution in [0.2, 0.25) is 0 Å². The van der Waals surface area contributed by atoms with Crippen molar-refractivity contribution in [3.8, 4) is 11.5 Å². The van der Waals surface area contributed by atoms with E-state index in [9.17, 15) is 16.8 Å². The summed E-state index contributed by atoms with van der Waals surface area (Å²) in [5.41, 5.74) is 1.08. The number of anilines is 1. The number of morpholine rings is 1. The summed E-state index contributed by atoms with van der Waals surface area (Å²) in [6, 6.07) is 6.12. The van der Waals surface area contributed by atoms with Crippen molar-refractivity contribution in [2.24, 2.45) is 5.14 Å². The van der Waals surface area contributed by atoms with Gasteiger partial charge in [0.2, 0.25) is 10.0 Å². The molecule has 10 nitrogen and oxygen atoms in total. The third-order valence-corrected chi connectivity index (χ3v) is 9.98. The molecule has 1 fully saturated rings. The third-order valence-electron chi connectivity index (χ3n) is 5.10. The van der Waals surface area contributed by atoms with Gasteiger partial charge in [0, 0.05) is 49.1 Å². The fourth-order valence-corrected chi connectivity index (χ4v) is 7.66. The summed E-state index contributed by atoms with van der Waals surface area (Å²) in [7, 11) is -5.24. The van der Waals surface area contributed by atoms with Gasteiger partial charge < -0.3 is 14.2 Å². The Balaban J connectivity index is 1.88. The van der Waals surface area contributed by atoms with Gasteiger partial charge in [0.1, 0.15) is 19.9 Å². The first-order valence-corrected chi connectivity index (χ1v) is 13.4. The van der Waals surface area contributed by atoms with Gasteiger partial charge in [-0.2, -0.15) is 8.42 Å². The number of hydrogen-bond acceptors (Lipinski definition) is 9. The number of nitrogens with two attached hydrogens (primary N) is 1. The molecule has 3 heterocycles. The summed E-state index contributed by atoms with van der Waals surface area (Å²) in [5.74, 6) is 0.838. The van der Waals surface area contributed by atoms with Crippen molar-refractivity contribution in [3.63, 3.8) is 0 Å². The molecule has 0 unspecified atom stereocenters. The van der Waals surface area contributed by atoms with Gasteiger partial charge in [0.25, 0.3) is 10.0 Å². The average molecular weight is 502 g/mol. The number of ether oxygens (including phenoxy) is 3. The number of thiophene rings is 1. The molecule has 4 rings (SSSR count). The van der Waals surface area contributed by atoms with Gasteiger partial charge in [0.15, 0.2) is 0 Å². The second kappa shape index (κ2) is 8.65. The van der Waals surface area contributed by atoms with Crippen LogP contribution in [0.1, 0.15) is 5.56 Å². The Morgan fingerprint density at radius 2 is 1.72 bits per heavy atom. The Hall–Kier alpha value is -2.16. The van der Waals surface area contributed by atoms with E-state index in [-0.39, 0.29) is 8.42 Å². The van der Waals surface area contributed by atoms with Crippen molar-refractivity contribution >= 4 is 43.1 Å². The van der Waals surface area contributed by atoms with E-state index in [1.165, 1.54) is 24.6 Å². The van der Waals surface area contributed by atoms with E-state index in [4.69, 9.17) is 19.3 Å². The molecule has 0 aliphatic carbocycles. The highest BCUT2D eigenvalue weighted by molar-refractivity contribution is 7.96. The van der Waals surface area contributed by atoms with Crippen LogP contribution in [0, 0.1) is 0 Å². The topological polar surface area (TPSA) is 128 Å². The van der Waals surface area contributed by atoms with Crippen LogP contribution >= 0.6 is 11.3 Å². The molecule has 1 saturated heterocycles. The highest BCUT2D eigenvalue weighted by Gasteiger charge is 2.38. The molecular weight excluding hydrogens is 478 g/mol. The average Bonchev–Trinajstić information content (AvgIpc) is 3.20. The van der Waals surface area contributed by atoms with Crippen LogP contribution in [-0.4, -0.2) is 68.8 Å². The number of rotatable bonds is 6. The minimum atomic E-state index is -4.13. The highest BCUT2D eigenvalue weighted by atomic mass is 32.3. The van der Waals surface area contributed by atoms with Gasteiger partial charge in [-0.15, -0.1) is 11.3 Å². The van der Waals surface area contributed by atoms with Gasteiger partial charge in [-0.3, -0.25) is 4.90 Å². The molecule has 0 bridgehead atoms. The number of benzene rings is 1. The van der Waals surface area contributed by atoms with Gasteiger partial charge in [-0.05, 0) is 12.1 Å². The van der Waals surface area contributed by atoms with Crippen LogP contribution in [0.5, 0.6) is 11.5 Å². The van der Waals surface area contributed by atoms with Crippen molar-refractivity contribution in [3.05, 3.63) is 35.5 Å². The summed E-state index contributed by atoms with van der Waals surface area (Å²) in [4.78, 5) is 2.08. The van der Waals surface area contributed by atoms with E-state index in [0.717, 1.165) is 0 Å². The normalized spacial score (nSPS) is 18.7. The van der Waals surface area contributed by atoms with Gasteiger partial charge in [-0.25, -0.2) is 17.9 Å². The lowest BCUT2D eigenvalue weighted by molar-refractivity contribution is 0.0423. The van der Waals surface area contributed by atoms with Gasteiger partial charge in [-0.1, -0.05) is 0 Å². The number of sulfonamides is 2. The standard InChI is InChI=1S/C19H23N3O7S3/c1-27-16-9-14(10-17(11-16)28-2)22-15(12-21-3-5-29-6-4-21)7-13-8-18(31(20,23)24)30-19(13)32(22,25)26/h7-11H,3-6,12H2,1-2H3,(H2,20,23,24). The maximum Gasteiger partial charge on any atom is 0.278 e. The highest BCUT2D eigenvalue weighted by Crippen LogP contribution is 2.42. The minimum Gasteiger partial charge on any atom is -0.497 e. The Morgan fingerprint density at radius 1 is 1.09 bits per heavy atom. The first-order valence-electron chi connectivity index (χ1n) is 9.59. The summed E-state index contributed by atoms with van der Waals surface area (Å²) in [6.07, 6.45) is 1.68. The first kappa shape index (κ1) is 23.0. The maximum absolute atomic E-state index is 13.7. The number of nitrogens with zero attached hydrogens (tertiary/aromatic N) is 2. The zero-order valence-corrected chi connectivity index (χ0v) is 19.9. The molecule has 0 radical (unpaired) electrons. The number of fused-ring (bicyclic) bond motifs is 1. The maximum atomic E-state index is 13.7. The summed E-state index contributed by atoms with van der Waals surface area (Å²) >= 11 is 0.632. The van der Waals surface area contributed by atoms with Crippen LogP contribution in [0.3, 0.4) is 0 Å². The SMILES string of the molecule is COc1cc(OC)cc(N2C(CN3CCOCC3)=Cc3cc(S(N)(=O)=O)sc3S2(=O)=O)c1. The van der Waals surface area contributed by atoms with E-state index in [1.807, 2.05) is 0 Å². The van der Waals surface area contributed by atoms with E-state index < -0.39 is 20.0 Å². The summed E-state index contributed by atoms with van der Waals surface area (Å²) in [5, 5.41) is 5.26. The smallest absolute Gasteiger partial charge is 0.278 e. The van der Waals surface area contributed by atoms with Crippen LogP contribution < -0.4 is 18.9 Å².